The van der Waals surface area contributed by atoms with Gasteiger partial charge in [0.05, 0.1) is 13.2 Å². The lowest BCUT2D eigenvalue weighted by atomic mass is 10.1. The van der Waals surface area contributed by atoms with Crippen LogP contribution in [0.2, 0.25) is 0 Å². The van der Waals surface area contributed by atoms with Crippen LogP contribution >= 0.6 is 0 Å². The minimum Gasteiger partial charge on any atom is -0.453 e. The summed E-state index contributed by atoms with van der Waals surface area (Å²) < 4.78 is 17.0. The minimum atomic E-state index is -0.607. The molecule has 1 N–H and O–H groups in total. The molecule has 0 fully saturated rings. The van der Waals surface area contributed by atoms with E-state index in [9.17, 15) is 9.18 Å². The van der Waals surface area contributed by atoms with Crippen LogP contribution in [0, 0.1) is 0 Å². The minimum absolute atomic E-state index is 0.465. The van der Waals surface area contributed by atoms with Gasteiger partial charge >= 0.3 is 6.09 Å². The zero-order chi connectivity index (χ0) is 11.1. The van der Waals surface area contributed by atoms with Gasteiger partial charge in [0.25, 0.3) is 0 Å². The second kappa shape index (κ2) is 6.01. The van der Waals surface area contributed by atoms with E-state index in [1.807, 2.05) is 30.3 Å². The highest BCUT2D eigenvalue weighted by Gasteiger charge is 2.12. The van der Waals surface area contributed by atoms with E-state index in [1.165, 1.54) is 7.11 Å². The van der Waals surface area contributed by atoms with Gasteiger partial charge in [-0.25, -0.2) is 9.18 Å². The SMILES string of the molecule is COC(=O)N[C@H](CF)Cc1ccccc1. The first-order valence-corrected chi connectivity index (χ1v) is 4.70. The molecule has 0 heterocycles. The maximum absolute atomic E-state index is 12.6. The summed E-state index contributed by atoms with van der Waals surface area (Å²) in [6.07, 6.45) is -0.138. The summed E-state index contributed by atoms with van der Waals surface area (Å²) in [6.45, 7) is -0.607. The van der Waals surface area contributed by atoms with Gasteiger partial charge in [0.15, 0.2) is 0 Å². The van der Waals surface area contributed by atoms with Gasteiger partial charge in [-0.05, 0) is 12.0 Å². The monoisotopic (exact) mass is 211 g/mol. The number of alkyl halides is 1. The number of carbonyl (C=O) groups is 1. The number of benzene rings is 1. The van der Waals surface area contributed by atoms with Crippen molar-refractivity contribution in [1.82, 2.24) is 5.32 Å². The van der Waals surface area contributed by atoms with Crippen molar-refractivity contribution >= 4 is 6.09 Å². The fourth-order valence-electron chi connectivity index (χ4n) is 1.27. The van der Waals surface area contributed by atoms with Crippen molar-refractivity contribution in [2.45, 2.75) is 12.5 Å². The van der Waals surface area contributed by atoms with E-state index < -0.39 is 18.8 Å². The molecule has 0 spiro atoms. The Bertz CT molecular complexity index is 303. The van der Waals surface area contributed by atoms with E-state index in [0.717, 1.165) is 5.56 Å². The molecule has 1 atom stereocenters. The molecule has 1 aromatic rings. The van der Waals surface area contributed by atoms with Crippen molar-refractivity contribution in [2.24, 2.45) is 0 Å². The van der Waals surface area contributed by atoms with Gasteiger partial charge < -0.3 is 10.1 Å². The average Bonchev–Trinajstić information content (AvgIpc) is 2.29. The standard InChI is InChI=1S/C11H14FNO2/c1-15-11(14)13-10(8-12)7-9-5-3-2-4-6-9/h2-6,10H,7-8H2,1H3,(H,13,14)/t10-/m0/s1. The molecule has 15 heavy (non-hydrogen) atoms. The van der Waals surface area contributed by atoms with Gasteiger partial charge in [-0.15, -0.1) is 0 Å². The first-order valence-electron chi connectivity index (χ1n) is 4.70. The lowest BCUT2D eigenvalue weighted by Crippen LogP contribution is -2.37. The molecule has 0 aliphatic carbocycles. The summed E-state index contributed by atoms with van der Waals surface area (Å²) in [5, 5.41) is 2.43. The third-order valence-corrected chi connectivity index (χ3v) is 2.02. The maximum Gasteiger partial charge on any atom is 0.407 e. The lowest BCUT2D eigenvalue weighted by Gasteiger charge is -2.14. The quantitative estimate of drug-likeness (QED) is 0.826. The van der Waals surface area contributed by atoms with Crippen LogP contribution in [0.25, 0.3) is 0 Å². The predicted octanol–water partition coefficient (Wildman–Crippen LogP) is 1.92. The van der Waals surface area contributed by atoms with Gasteiger partial charge in [0.1, 0.15) is 6.67 Å². The van der Waals surface area contributed by atoms with Crippen LogP contribution in [0.4, 0.5) is 9.18 Å². The highest BCUT2D eigenvalue weighted by Crippen LogP contribution is 2.03. The summed E-state index contributed by atoms with van der Waals surface area (Å²) >= 11 is 0. The summed E-state index contributed by atoms with van der Waals surface area (Å²) in [5.74, 6) is 0. The molecule has 0 bridgehead atoms. The van der Waals surface area contributed by atoms with E-state index in [-0.39, 0.29) is 0 Å². The zero-order valence-electron chi connectivity index (χ0n) is 8.57. The smallest absolute Gasteiger partial charge is 0.407 e. The molecule has 1 rings (SSSR count). The van der Waals surface area contributed by atoms with Crippen molar-refractivity contribution in [3.05, 3.63) is 35.9 Å². The Balaban J connectivity index is 2.50. The Morgan fingerprint density at radius 2 is 2.13 bits per heavy atom. The summed E-state index contributed by atoms with van der Waals surface area (Å²) in [4.78, 5) is 10.9. The molecule has 1 aromatic carbocycles. The molecule has 0 radical (unpaired) electrons. The van der Waals surface area contributed by atoms with Gasteiger partial charge in [-0.2, -0.15) is 0 Å². The molecule has 1 amide bonds. The van der Waals surface area contributed by atoms with E-state index >= 15 is 0 Å². The van der Waals surface area contributed by atoms with Crippen LogP contribution in [-0.4, -0.2) is 25.9 Å². The number of methoxy groups -OCH3 is 1. The Morgan fingerprint density at radius 3 is 2.67 bits per heavy atom. The highest BCUT2D eigenvalue weighted by molar-refractivity contribution is 5.67. The Morgan fingerprint density at radius 1 is 1.47 bits per heavy atom. The van der Waals surface area contributed by atoms with E-state index in [4.69, 9.17) is 0 Å². The third-order valence-electron chi connectivity index (χ3n) is 2.02. The molecule has 4 heteroatoms. The number of halogens is 1. The molecule has 0 aliphatic rings. The summed E-state index contributed by atoms with van der Waals surface area (Å²) in [7, 11) is 1.26. The molecule has 0 unspecified atom stereocenters. The molecule has 0 saturated carbocycles. The van der Waals surface area contributed by atoms with Crippen LogP contribution < -0.4 is 5.32 Å². The van der Waals surface area contributed by atoms with Gasteiger partial charge in [-0.3, -0.25) is 0 Å². The fraction of sp³-hybridized carbons (Fsp3) is 0.364. The van der Waals surface area contributed by atoms with Crippen LogP contribution in [0.15, 0.2) is 30.3 Å². The van der Waals surface area contributed by atoms with Crippen LogP contribution in [0.1, 0.15) is 5.56 Å². The zero-order valence-corrected chi connectivity index (χ0v) is 8.57. The van der Waals surface area contributed by atoms with Crippen molar-refractivity contribution in [3.8, 4) is 0 Å². The first-order chi connectivity index (χ1) is 7.26. The number of rotatable bonds is 4. The highest BCUT2D eigenvalue weighted by atomic mass is 19.1. The summed E-state index contributed by atoms with van der Waals surface area (Å²) in [6, 6.07) is 8.90. The lowest BCUT2D eigenvalue weighted by molar-refractivity contribution is 0.164. The van der Waals surface area contributed by atoms with Crippen LogP contribution in [-0.2, 0) is 11.2 Å². The first kappa shape index (κ1) is 11.5. The molecule has 82 valence electrons. The maximum atomic E-state index is 12.6. The molecular formula is C11H14FNO2. The van der Waals surface area contributed by atoms with Crippen molar-refractivity contribution in [3.63, 3.8) is 0 Å². The largest absolute Gasteiger partial charge is 0.453 e. The summed E-state index contributed by atoms with van der Waals surface area (Å²) in [5.41, 5.74) is 0.983. The third kappa shape index (κ3) is 3.97. The average molecular weight is 211 g/mol. The van der Waals surface area contributed by atoms with E-state index in [0.29, 0.717) is 6.42 Å². The van der Waals surface area contributed by atoms with Crippen LogP contribution in [0.3, 0.4) is 0 Å². The number of carbonyl (C=O) groups excluding carboxylic acids is 1. The predicted molar refractivity (Wildman–Crippen MR) is 55.4 cm³/mol. The fourth-order valence-corrected chi connectivity index (χ4v) is 1.27. The number of nitrogens with one attached hydrogen (secondary N) is 1. The van der Waals surface area contributed by atoms with Gasteiger partial charge in [0, 0.05) is 0 Å². The number of hydrogen-bond donors (Lipinski definition) is 1. The Labute approximate surface area is 88.2 Å². The van der Waals surface area contributed by atoms with E-state index in [1.54, 1.807) is 0 Å². The Kier molecular flexibility index (Phi) is 4.60. The van der Waals surface area contributed by atoms with Crippen molar-refractivity contribution in [1.29, 1.82) is 0 Å². The van der Waals surface area contributed by atoms with Crippen molar-refractivity contribution < 1.29 is 13.9 Å². The Hall–Kier alpha value is -1.58. The van der Waals surface area contributed by atoms with Gasteiger partial charge in [-0.1, -0.05) is 30.3 Å². The number of alkyl carbamates (subject to hydrolysis) is 1. The topological polar surface area (TPSA) is 38.3 Å². The number of ether oxygens (including phenoxy) is 1. The number of hydrogen-bond acceptors (Lipinski definition) is 2. The van der Waals surface area contributed by atoms with Gasteiger partial charge in [0.2, 0.25) is 0 Å². The molecular weight excluding hydrogens is 197 g/mol. The number of amides is 1. The van der Waals surface area contributed by atoms with Crippen molar-refractivity contribution in [2.75, 3.05) is 13.8 Å². The normalized spacial score (nSPS) is 11.9. The molecule has 0 saturated heterocycles. The second-order valence-electron chi connectivity index (χ2n) is 3.18. The molecule has 0 aliphatic heterocycles. The molecule has 0 aromatic heterocycles. The van der Waals surface area contributed by atoms with E-state index in [2.05, 4.69) is 10.1 Å². The van der Waals surface area contributed by atoms with Crippen LogP contribution in [0.5, 0.6) is 0 Å². The molecule has 3 nitrogen and oxygen atoms in total. The second-order valence-corrected chi connectivity index (χ2v) is 3.18.